The minimum Gasteiger partial charge on any atom is -0.388 e. The van der Waals surface area contributed by atoms with Gasteiger partial charge in [0.25, 0.3) is 0 Å². The molecule has 0 spiro atoms. The van der Waals surface area contributed by atoms with E-state index in [2.05, 4.69) is 27.1 Å². The molecule has 2 N–H and O–H groups in total. The second kappa shape index (κ2) is 7.04. The number of hydrogen-bond donors (Lipinski definition) is 2. The summed E-state index contributed by atoms with van der Waals surface area (Å²) in [6.45, 7) is 5.68. The van der Waals surface area contributed by atoms with E-state index in [0.717, 1.165) is 50.4 Å². The van der Waals surface area contributed by atoms with E-state index < -0.39 is 5.60 Å². The number of piperazine rings is 1. The predicted octanol–water partition coefficient (Wildman–Crippen LogP) is 0.890. The molecule has 3 heterocycles. The second-order valence-electron chi connectivity index (χ2n) is 8.02. The maximum atomic E-state index is 12.4. The van der Waals surface area contributed by atoms with Gasteiger partial charge in [-0.05, 0) is 43.9 Å². The van der Waals surface area contributed by atoms with Crippen molar-refractivity contribution in [1.29, 1.82) is 0 Å². The van der Waals surface area contributed by atoms with Crippen LogP contribution >= 0.6 is 0 Å². The zero-order chi connectivity index (χ0) is 18.1. The molecule has 0 bridgehead atoms. The van der Waals surface area contributed by atoms with Gasteiger partial charge in [-0.15, -0.1) is 0 Å². The molecule has 1 aromatic rings. The maximum Gasteiger partial charge on any atom is 0.317 e. The van der Waals surface area contributed by atoms with Crippen LogP contribution in [-0.2, 0) is 6.54 Å². The van der Waals surface area contributed by atoms with Crippen LogP contribution in [0.5, 0.6) is 0 Å². The number of pyridine rings is 1. The largest absolute Gasteiger partial charge is 0.388 e. The molecule has 3 fully saturated rings. The Hall–Kier alpha value is -1.86. The molecule has 7 heteroatoms. The van der Waals surface area contributed by atoms with Crippen molar-refractivity contribution < 1.29 is 9.90 Å². The highest BCUT2D eigenvalue weighted by Crippen LogP contribution is 2.44. The zero-order valence-corrected chi connectivity index (χ0v) is 15.5. The molecule has 2 saturated heterocycles. The molecule has 1 aliphatic carbocycles. The number of β-amino-alcohol motifs (C(OH)–C–C–N with tert-alkyl or cyclic N) is 1. The van der Waals surface area contributed by atoms with E-state index in [1.165, 1.54) is 0 Å². The number of aromatic nitrogens is 1. The molecule has 7 nitrogen and oxygen atoms in total. The molecule has 1 aromatic heterocycles. The smallest absolute Gasteiger partial charge is 0.317 e. The standard InChI is InChI=1S/C19H29N5O2/c1-22-8-10-23(11-9-22)17-5-2-15(12-20-17)13-21-18(25)24-7-6-19(26,14-24)16-3-4-16/h2,5,12,16,26H,3-4,6-11,13-14H2,1H3,(H,21,25). The Morgan fingerprint density at radius 2 is 2.04 bits per heavy atom. The van der Waals surface area contributed by atoms with Crippen molar-refractivity contribution in [3.05, 3.63) is 23.9 Å². The van der Waals surface area contributed by atoms with Crippen LogP contribution in [0.15, 0.2) is 18.3 Å². The van der Waals surface area contributed by atoms with E-state index in [1.807, 2.05) is 18.3 Å². The third-order valence-corrected chi connectivity index (χ3v) is 5.98. The summed E-state index contributed by atoms with van der Waals surface area (Å²) in [5.74, 6) is 1.40. The van der Waals surface area contributed by atoms with Crippen molar-refractivity contribution in [2.24, 2.45) is 5.92 Å². The summed E-state index contributed by atoms with van der Waals surface area (Å²) in [4.78, 5) is 23.3. The van der Waals surface area contributed by atoms with Crippen molar-refractivity contribution in [2.45, 2.75) is 31.4 Å². The minimum absolute atomic E-state index is 0.0929. The summed E-state index contributed by atoms with van der Waals surface area (Å²) in [5.41, 5.74) is 0.344. The van der Waals surface area contributed by atoms with E-state index in [0.29, 0.717) is 32.0 Å². The molecular weight excluding hydrogens is 330 g/mol. The molecule has 1 atom stereocenters. The number of nitrogens with one attached hydrogen (secondary N) is 1. The van der Waals surface area contributed by atoms with Crippen LogP contribution in [0, 0.1) is 5.92 Å². The molecule has 0 radical (unpaired) electrons. The van der Waals surface area contributed by atoms with Crippen LogP contribution in [0.2, 0.25) is 0 Å². The first kappa shape index (κ1) is 17.5. The first-order valence-electron chi connectivity index (χ1n) is 9.67. The van der Waals surface area contributed by atoms with Gasteiger partial charge in [0.05, 0.1) is 12.1 Å². The Bertz CT molecular complexity index is 640. The topological polar surface area (TPSA) is 71.9 Å². The number of likely N-dealkylation sites (tertiary alicyclic amines) is 1. The number of carbonyl (C=O) groups is 1. The van der Waals surface area contributed by atoms with Gasteiger partial charge in [0.2, 0.25) is 0 Å². The number of aliphatic hydroxyl groups is 1. The van der Waals surface area contributed by atoms with Crippen molar-refractivity contribution in [3.63, 3.8) is 0 Å². The number of urea groups is 1. The summed E-state index contributed by atoms with van der Waals surface area (Å²) in [6, 6.07) is 3.98. The molecule has 26 heavy (non-hydrogen) atoms. The lowest BCUT2D eigenvalue weighted by Crippen LogP contribution is -2.44. The maximum absolute atomic E-state index is 12.4. The summed E-state index contributed by atoms with van der Waals surface area (Å²) in [7, 11) is 2.14. The van der Waals surface area contributed by atoms with Gasteiger partial charge in [0.1, 0.15) is 5.82 Å². The van der Waals surface area contributed by atoms with Crippen LogP contribution in [0.4, 0.5) is 10.6 Å². The van der Waals surface area contributed by atoms with Crippen LogP contribution in [0.25, 0.3) is 0 Å². The van der Waals surface area contributed by atoms with Gasteiger partial charge < -0.3 is 25.1 Å². The minimum atomic E-state index is -0.650. The van der Waals surface area contributed by atoms with Crippen LogP contribution in [0.1, 0.15) is 24.8 Å². The molecule has 2 amide bonds. The lowest BCUT2D eigenvalue weighted by atomic mass is 9.97. The molecule has 142 valence electrons. The zero-order valence-electron chi connectivity index (χ0n) is 15.5. The average molecular weight is 359 g/mol. The highest BCUT2D eigenvalue weighted by atomic mass is 16.3. The summed E-state index contributed by atoms with van der Waals surface area (Å²) < 4.78 is 0. The van der Waals surface area contributed by atoms with Crippen molar-refractivity contribution in [1.82, 2.24) is 20.1 Å². The van der Waals surface area contributed by atoms with Gasteiger partial charge in [0, 0.05) is 45.5 Å². The highest BCUT2D eigenvalue weighted by Gasteiger charge is 2.48. The molecule has 4 rings (SSSR count). The van der Waals surface area contributed by atoms with Crippen LogP contribution in [0.3, 0.4) is 0 Å². The third-order valence-electron chi connectivity index (χ3n) is 5.98. The number of amides is 2. The molecule has 2 aliphatic heterocycles. The van der Waals surface area contributed by atoms with Crippen LogP contribution in [-0.4, -0.2) is 77.8 Å². The summed E-state index contributed by atoms with van der Waals surface area (Å²) in [5, 5.41) is 13.5. The van der Waals surface area contributed by atoms with Gasteiger partial charge in [0.15, 0.2) is 0 Å². The van der Waals surface area contributed by atoms with E-state index >= 15 is 0 Å². The number of rotatable bonds is 4. The van der Waals surface area contributed by atoms with Gasteiger partial charge >= 0.3 is 6.03 Å². The lowest BCUT2D eigenvalue weighted by molar-refractivity contribution is 0.0301. The average Bonchev–Trinajstić information content (AvgIpc) is 3.44. The van der Waals surface area contributed by atoms with E-state index in [4.69, 9.17) is 0 Å². The van der Waals surface area contributed by atoms with E-state index in [9.17, 15) is 9.90 Å². The number of hydrogen-bond acceptors (Lipinski definition) is 5. The van der Waals surface area contributed by atoms with E-state index in [-0.39, 0.29) is 6.03 Å². The number of anilines is 1. The second-order valence-corrected chi connectivity index (χ2v) is 8.02. The number of nitrogens with zero attached hydrogens (tertiary/aromatic N) is 4. The fraction of sp³-hybridized carbons (Fsp3) is 0.684. The fourth-order valence-corrected chi connectivity index (χ4v) is 3.98. The Morgan fingerprint density at radius 1 is 1.27 bits per heavy atom. The number of carbonyl (C=O) groups excluding carboxylic acids is 1. The highest BCUT2D eigenvalue weighted by molar-refractivity contribution is 5.74. The Morgan fingerprint density at radius 3 is 2.69 bits per heavy atom. The molecule has 1 unspecified atom stereocenters. The van der Waals surface area contributed by atoms with Crippen molar-refractivity contribution in [2.75, 3.05) is 51.2 Å². The molecule has 3 aliphatic rings. The molecular formula is C19H29N5O2. The van der Waals surface area contributed by atoms with Gasteiger partial charge in [-0.1, -0.05) is 6.07 Å². The Labute approximate surface area is 155 Å². The lowest BCUT2D eigenvalue weighted by Gasteiger charge is -2.33. The number of likely N-dealkylation sites (N-methyl/N-ethyl adjacent to an activating group) is 1. The quantitative estimate of drug-likeness (QED) is 0.835. The van der Waals surface area contributed by atoms with Gasteiger partial charge in [-0.25, -0.2) is 9.78 Å². The summed E-state index contributed by atoms with van der Waals surface area (Å²) >= 11 is 0. The first-order valence-corrected chi connectivity index (χ1v) is 9.67. The Kier molecular flexibility index (Phi) is 4.75. The fourth-order valence-electron chi connectivity index (χ4n) is 3.98. The van der Waals surface area contributed by atoms with Crippen molar-refractivity contribution in [3.8, 4) is 0 Å². The first-order chi connectivity index (χ1) is 12.5. The molecule has 0 aromatic carbocycles. The Balaban J connectivity index is 1.26. The monoisotopic (exact) mass is 359 g/mol. The van der Waals surface area contributed by atoms with Gasteiger partial charge in [-0.3, -0.25) is 0 Å². The predicted molar refractivity (Wildman–Crippen MR) is 100 cm³/mol. The van der Waals surface area contributed by atoms with Gasteiger partial charge in [-0.2, -0.15) is 0 Å². The normalized spacial score (nSPS) is 27.0. The van der Waals surface area contributed by atoms with Crippen LogP contribution < -0.4 is 10.2 Å². The SMILES string of the molecule is CN1CCN(c2ccc(CNC(=O)N3CCC(O)(C4CC4)C3)cn2)CC1. The van der Waals surface area contributed by atoms with Crippen molar-refractivity contribution >= 4 is 11.8 Å². The van der Waals surface area contributed by atoms with E-state index in [1.54, 1.807) is 4.90 Å². The molecule has 1 saturated carbocycles. The third kappa shape index (κ3) is 3.78. The summed E-state index contributed by atoms with van der Waals surface area (Å²) in [6.07, 6.45) is 4.74.